The Morgan fingerprint density at radius 1 is 1.35 bits per heavy atom. The number of rotatable bonds is 2. The molecular formula is C15H24O5. The van der Waals surface area contributed by atoms with Crippen molar-refractivity contribution in [3.05, 3.63) is 0 Å². The molecule has 2 aliphatic rings. The fourth-order valence-corrected chi connectivity index (χ4v) is 3.27. The zero-order valence-electron chi connectivity index (χ0n) is 12.9. The second-order valence-corrected chi connectivity index (χ2v) is 6.93. The second kappa shape index (κ2) is 5.11. The number of fused-ring (bicyclic) bond motifs is 1. The predicted octanol–water partition coefficient (Wildman–Crippen LogP) is 2.07. The van der Waals surface area contributed by atoms with Crippen LogP contribution >= 0.6 is 0 Å². The van der Waals surface area contributed by atoms with Gasteiger partial charge >= 0.3 is 5.97 Å². The molecule has 1 saturated heterocycles. The van der Waals surface area contributed by atoms with Crippen molar-refractivity contribution in [3.63, 3.8) is 0 Å². The van der Waals surface area contributed by atoms with Crippen molar-refractivity contribution < 1.29 is 23.8 Å². The molecule has 0 amide bonds. The minimum absolute atomic E-state index is 0.0801. The van der Waals surface area contributed by atoms with E-state index in [1.54, 1.807) is 7.11 Å². The van der Waals surface area contributed by atoms with Gasteiger partial charge in [-0.1, -0.05) is 0 Å². The molecule has 0 unspecified atom stereocenters. The van der Waals surface area contributed by atoms with Crippen LogP contribution in [0.3, 0.4) is 0 Å². The Morgan fingerprint density at radius 3 is 2.55 bits per heavy atom. The fourth-order valence-electron chi connectivity index (χ4n) is 3.27. The van der Waals surface area contributed by atoms with E-state index in [1.807, 2.05) is 27.7 Å². The first-order chi connectivity index (χ1) is 9.16. The largest absolute Gasteiger partial charge is 0.459 e. The molecule has 20 heavy (non-hydrogen) atoms. The summed E-state index contributed by atoms with van der Waals surface area (Å²) in [5.74, 6) is -1.31. The summed E-state index contributed by atoms with van der Waals surface area (Å²) in [7, 11) is 1.59. The average molecular weight is 284 g/mol. The van der Waals surface area contributed by atoms with Crippen molar-refractivity contribution in [1.82, 2.24) is 0 Å². The number of carbonyl (C=O) groups excluding carboxylic acids is 2. The molecular weight excluding hydrogens is 260 g/mol. The number of hydrogen-bond donors (Lipinski definition) is 0. The zero-order chi connectivity index (χ0) is 15.1. The topological polar surface area (TPSA) is 61.8 Å². The molecule has 1 aliphatic heterocycles. The number of Topliss-reactive ketones (excluding diaryl/α,β-unsaturated/α-hetero) is 1. The molecule has 1 aliphatic carbocycles. The monoisotopic (exact) mass is 284 g/mol. The van der Waals surface area contributed by atoms with Gasteiger partial charge < -0.3 is 14.2 Å². The van der Waals surface area contributed by atoms with Crippen LogP contribution in [-0.4, -0.2) is 36.4 Å². The highest BCUT2D eigenvalue weighted by atomic mass is 16.7. The van der Waals surface area contributed by atoms with E-state index in [1.165, 1.54) is 0 Å². The molecule has 4 atom stereocenters. The third-order valence-corrected chi connectivity index (χ3v) is 4.10. The number of ether oxygens (including phenoxy) is 3. The summed E-state index contributed by atoms with van der Waals surface area (Å²) in [6.07, 6.45) is 1.40. The summed E-state index contributed by atoms with van der Waals surface area (Å²) in [6, 6.07) is 0. The standard InChI is InChI=1S/C15H24O5/c1-14(2,3)20-13(17)12-9-6-7-11(18-5)19-15(9,4)8-10(12)16/h9,11-12H,6-8H2,1-5H3/t9-,11-,12+,15-/m0/s1. The number of ketones is 1. The first-order valence-corrected chi connectivity index (χ1v) is 7.12. The highest BCUT2D eigenvalue weighted by molar-refractivity contribution is 6.02. The van der Waals surface area contributed by atoms with Crippen LogP contribution in [0.4, 0.5) is 0 Å². The highest BCUT2D eigenvalue weighted by Crippen LogP contribution is 2.48. The first-order valence-electron chi connectivity index (χ1n) is 7.12. The van der Waals surface area contributed by atoms with E-state index >= 15 is 0 Å². The molecule has 114 valence electrons. The van der Waals surface area contributed by atoms with Crippen LogP contribution in [0.25, 0.3) is 0 Å². The van der Waals surface area contributed by atoms with Gasteiger partial charge in [-0.2, -0.15) is 0 Å². The van der Waals surface area contributed by atoms with Gasteiger partial charge in [-0.05, 0) is 40.5 Å². The van der Waals surface area contributed by atoms with Crippen LogP contribution in [-0.2, 0) is 23.8 Å². The van der Waals surface area contributed by atoms with E-state index in [0.717, 1.165) is 6.42 Å². The van der Waals surface area contributed by atoms with E-state index in [-0.39, 0.29) is 24.4 Å². The maximum absolute atomic E-state index is 12.3. The van der Waals surface area contributed by atoms with Gasteiger partial charge in [0.05, 0.1) is 5.60 Å². The molecule has 0 N–H and O–H groups in total. The van der Waals surface area contributed by atoms with Crippen LogP contribution in [0.5, 0.6) is 0 Å². The predicted molar refractivity (Wildman–Crippen MR) is 72.0 cm³/mol. The third-order valence-electron chi connectivity index (χ3n) is 4.10. The molecule has 5 nitrogen and oxygen atoms in total. The van der Waals surface area contributed by atoms with E-state index in [0.29, 0.717) is 6.42 Å². The molecule has 0 aromatic rings. The number of esters is 1. The number of methoxy groups -OCH3 is 1. The van der Waals surface area contributed by atoms with Crippen molar-refractivity contribution in [1.29, 1.82) is 0 Å². The first kappa shape index (κ1) is 15.4. The lowest BCUT2D eigenvalue weighted by atomic mass is 9.81. The molecule has 0 spiro atoms. The number of carbonyl (C=O) groups is 2. The average Bonchev–Trinajstić information content (AvgIpc) is 2.55. The Balaban J connectivity index is 2.16. The van der Waals surface area contributed by atoms with Gasteiger partial charge in [-0.15, -0.1) is 0 Å². The fraction of sp³-hybridized carbons (Fsp3) is 0.867. The molecule has 0 aromatic heterocycles. The van der Waals surface area contributed by atoms with E-state index in [2.05, 4.69) is 0 Å². The van der Waals surface area contributed by atoms with Crippen LogP contribution in [0.1, 0.15) is 47.0 Å². The van der Waals surface area contributed by atoms with Gasteiger partial charge in [-0.3, -0.25) is 9.59 Å². The summed E-state index contributed by atoms with van der Waals surface area (Å²) in [6.45, 7) is 7.32. The molecule has 1 saturated carbocycles. The van der Waals surface area contributed by atoms with Crippen LogP contribution in [0.15, 0.2) is 0 Å². The maximum atomic E-state index is 12.3. The Bertz CT molecular complexity index is 411. The van der Waals surface area contributed by atoms with Gasteiger partial charge in [0.25, 0.3) is 0 Å². The Labute approximate surface area is 120 Å². The molecule has 2 fully saturated rings. The van der Waals surface area contributed by atoms with Gasteiger partial charge in [0, 0.05) is 19.4 Å². The van der Waals surface area contributed by atoms with Crippen LogP contribution in [0.2, 0.25) is 0 Å². The maximum Gasteiger partial charge on any atom is 0.317 e. The summed E-state index contributed by atoms with van der Waals surface area (Å²) < 4.78 is 16.5. The van der Waals surface area contributed by atoms with Crippen molar-refractivity contribution in [3.8, 4) is 0 Å². The molecule has 0 aromatic carbocycles. The van der Waals surface area contributed by atoms with E-state index < -0.39 is 23.1 Å². The molecule has 1 heterocycles. The van der Waals surface area contributed by atoms with Crippen LogP contribution < -0.4 is 0 Å². The normalized spacial score (nSPS) is 37.6. The van der Waals surface area contributed by atoms with Crippen molar-refractivity contribution in [2.75, 3.05) is 7.11 Å². The van der Waals surface area contributed by atoms with Gasteiger partial charge in [-0.25, -0.2) is 0 Å². The zero-order valence-corrected chi connectivity index (χ0v) is 12.9. The molecule has 2 rings (SSSR count). The quantitative estimate of drug-likeness (QED) is 0.574. The Kier molecular flexibility index (Phi) is 3.95. The van der Waals surface area contributed by atoms with Gasteiger partial charge in [0.1, 0.15) is 17.3 Å². The van der Waals surface area contributed by atoms with Gasteiger partial charge in [0.2, 0.25) is 0 Å². The Morgan fingerprint density at radius 2 is 2.00 bits per heavy atom. The second-order valence-electron chi connectivity index (χ2n) is 6.93. The smallest absolute Gasteiger partial charge is 0.317 e. The lowest BCUT2D eigenvalue weighted by Crippen LogP contribution is -2.46. The molecule has 0 radical (unpaired) electrons. The van der Waals surface area contributed by atoms with Crippen molar-refractivity contribution in [2.24, 2.45) is 11.8 Å². The summed E-state index contributed by atoms with van der Waals surface area (Å²) in [5, 5.41) is 0. The minimum Gasteiger partial charge on any atom is -0.459 e. The van der Waals surface area contributed by atoms with Crippen molar-refractivity contribution in [2.45, 2.75) is 64.4 Å². The van der Waals surface area contributed by atoms with E-state index in [9.17, 15) is 9.59 Å². The summed E-state index contributed by atoms with van der Waals surface area (Å²) in [4.78, 5) is 24.5. The third kappa shape index (κ3) is 2.88. The summed E-state index contributed by atoms with van der Waals surface area (Å²) >= 11 is 0. The Hall–Kier alpha value is -0.940. The van der Waals surface area contributed by atoms with Crippen molar-refractivity contribution >= 4 is 11.8 Å². The summed E-state index contributed by atoms with van der Waals surface area (Å²) in [5.41, 5.74) is -1.20. The SMILES string of the molecule is CO[C@@H]1CC[C@H]2[C@@H](C(=O)OC(C)(C)C)C(=O)C[C@]2(C)O1. The van der Waals surface area contributed by atoms with Crippen LogP contribution in [0, 0.1) is 11.8 Å². The lowest BCUT2D eigenvalue weighted by Gasteiger charge is -2.40. The molecule has 5 heteroatoms. The minimum atomic E-state index is -0.697. The molecule has 0 bridgehead atoms. The van der Waals surface area contributed by atoms with Gasteiger partial charge in [0.15, 0.2) is 6.29 Å². The number of hydrogen-bond acceptors (Lipinski definition) is 5. The van der Waals surface area contributed by atoms with E-state index in [4.69, 9.17) is 14.2 Å². The lowest BCUT2D eigenvalue weighted by molar-refractivity contribution is -0.237. The highest BCUT2D eigenvalue weighted by Gasteiger charge is 2.57.